The van der Waals surface area contributed by atoms with Gasteiger partial charge in [0.15, 0.2) is 11.5 Å². The Hall–Kier alpha value is -4.84. The molecule has 5 rings (SSSR count). The van der Waals surface area contributed by atoms with E-state index < -0.39 is 0 Å². The van der Waals surface area contributed by atoms with Gasteiger partial charge in [-0.1, -0.05) is 80.6 Å². The lowest BCUT2D eigenvalue weighted by Gasteiger charge is -2.17. The molecule has 0 N–H and O–H groups in total. The molecule has 6 nitrogen and oxygen atoms in total. The van der Waals surface area contributed by atoms with Crippen molar-refractivity contribution in [3.05, 3.63) is 120 Å². The molecule has 0 radical (unpaired) electrons. The number of benzene rings is 4. The molecule has 0 fully saturated rings. The van der Waals surface area contributed by atoms with Crippen LogP contribution in [0.4, 0.5) is 5.69 Å². The van der Waals surface area contributed by atoms with Gasteiger partial charge < -0.3 is 18.9 Å². The summed E-state index contributed by atoms with van der Waals surface area (Å²) in [6.45, 7) is 8.96. The molecule has 0 atom stereocenters. The summed E-state index contributed by atoms with van der Waals surface area (Å²) in [5, 5.41) is 1.97. The Balaban J connectivity index is 0.00000207. The predicted molar refractivity (Wildman–Crippen MR) is 176 cm³/mol. The highest BCUT2D eigenvalue weighted by Gasteiger charge is 2.17. The first-order chi connectivity index (χ1) is 21.2. The van der Waals surface area contributed by atoms with Crippen LogP contribution in [0.15, 0.2) is 102 Å². The van der Waals surface area contributed by atoms with Crippen molar-refractivity contribution in [3.8, 4) is 23.0 Å². The van der Waals surface area contributed by atoms with Crippen LogP contribution in [0.1, 0.15) is 49.9 Å². The summed E-state index contributed by atoms with van der Waals surface area (Å²) in [5.41, 5.74) is 5.74. The van der Waals surface area contributed by atoms with Crippen molar-refractivity contribution in [2.45, 2.75) is 34.1 Å². The Bertz CT molecular complexity index is 1580. The highest BCUT2D eigenvalue weighted by atomic mass is 16.5. The molecule has 43 heavy (non-hydrogen) atoms. The van der Waals surface area contributed by atoms with Crippen LogP contribution in [-0.2, 0) is 6.42 Å². The largest absolute Gasteiger partial charge is 0.493 e. The minimum Gasteiger partial charge on any atom is -0.493 e. The Morgan fingerprint density at radius 3 is 1.79 bits per heavy atom. The fourth-order valence-electron chi connectivity index (χ4n) is 4.94. The minimum absolute atomic E-state index is 0.513. The summed E-state index contributed by atoms with van der Waals surface area (Å²) in [6.07, 6.45) is 4.39. The molecule has 1 aromatic heterocycles. The van der Waals surface area contributed by atoms with Gasteiger partial charge in [0.2, 0.25) is 5.75 Å². The van der Waals surface area contributed by atoms with Crippen LogP contribution in [-0.4, -0.2) is 38.1 Å². The van der Waals surface area contributed by atoms with Crippen LogP contribution >= 0.6 is 0 Å². The van der Waals surface area contributed by atoms with Crippen molar-refractivity contribution in [1.29, 1.82) is 0 Å². The maximum absolute atomic E-state index is 6.09. The number of hydrogen-bond acceptors (Lipinski definition) is 6. The minimum atomic E-state index is 0.513. The Morgan fingerprint density at radius 2 is 1.26 bits per heavy atom. The number of fused-ring (bicyclic) bond motifs is 1. The predicted octanol–water partition coefficient (Wildman–Crippen LogP) is 8.84. The molecule has 0 saturated heterocycles. The van der Waals surface area contributed by atoms with Gasteiger partial charge in [0, 0.05) is 28.9 Å². The topological polar surface area (TPSA) is 62.2 Å². The van der Waals surface area contributed by atoms with Crippen LogP contribution in [0, 0.1) is 0 Å². The number of pyridine rings is 1. The maximum atomic E-state index is 6.09. The zero-order valence-corrected chi connectivity index (χ0v) is 25.9. The molecule has 0 unspecified atom stereocenters. The molecule has 0 amide bonds. The molecule has 0 aliphatic carbocycles. The van der Waals surface area contributed by atoms with Gasteiger partial charge in [-0.15, -0.1) is 0 Å². The zero-order chi connectivity index (χ0) is 30.6. The second-order valence-corrected chi connectivity index (χ2v) is 9.37. The van der Waals surface area contributed by atoms with Gasteiger partial charge in [-0.2, -0.15) is 0 Å². The van der Waals surface area contributed by atoms with Crippen LogP contribution in [0.5, 0.6) is 23.0 Å². The quantitative estimate of drug-likeness (QED) is 0.147. The standard InChI is InChI=1S/C35H34N2O4.C2H6/c1-5-40-30-18-17-28-27(19-24-20-31(38-3)35(41-6-2)32(21-24)39-4)22-36-23-29(28)34(30)37-33(25-13-9-7-10-14-25)26-15-11-8-12-16-26;1-2/h7-18,20-23H,5-6,19H2,1-4H3;1-2H3. The van der Waals surface area contributed by atoms with Crippen LogP contribution in [0.25, 0.3) is 10.8 Å². The average molecular weight is 577 g/mol. The van der Waals surface area contributed by atoms with E-state index in [1.54, 1.807) is 14.2 Å². The third kappa shape index (κ3) is 7.15. The number of ether oxygens (including phenoxy) is 4. The average Bonchev–Trinajstić information content (AvgIpc) is 3.06. The fraction of sp³-hybridized carbons (Fsp3) is 0.243. The van der Waals surface area contributed by atoms with Crippen molar-refractivity contribution in [2.75, 3.05) is 27.4 Å². The molecular formula is C37H40N2O4. The summed E-state index contributed by atoms with van der Waals surface area (Å²) in [6, 6.07) is 28.5. The summed E-state index contributed by atoms with van der Waals surface area (Å²) >= 11 is 0. The van der Waals surface area contributed by atoms with Gasteiger partial charge in [0.1, 0.15) is 11.4 Å². The zero-order valence-electron chi connectivity index (χ0n) is 25.9. The van der Waals surface area contributed by atoms with Gasteiger partial charge in [-0.05, 0) is 55.0 Å². The first-order valence-electron chi connectivity index (χ1n) is 14.8. The molecule has 1 heterocycles. The highest BCUT2D eigenvalue weighted by Crippen LogP contribution is 2.41. The van der Waals surface area contributed by atoms with Crippen molar-refractivity contribution in [3.63, 3.8) is 0 Å². The lowest BCUT2D eigenvalue weighted by Crippen LogP contribution is -2.03. The first-order valence-corrected chi connectivity index (χ1v) is 14.8. The van der Waals surface area contributed by atoms with Crippen LogP contribution in [0.2, 0.25) is 0 Å². The SMILES string of the molecule is CC.CCOc1ccc2c(Cc3cc(OC)c(OCC)c(OC)c3)cncc2c1N=C(c1ccccc1)c1ccccc1. The number of methoxy groups -OCH3 is 2. The van der Waals surface area contributed by atoms with E-state index in [1.165, 1.54) is 0 Å². The summed E-state index contributed by atoms with van der Waals surface area (Å²) < 4.78 is 23.2. The van der Waals surface area contributed by atoms with E-state index in [2.05, 4.69) is 35.3 Å². The van der Waals surface area contributed by atoms with E-state index in [1.807, 2.05) is 94.7 Å². The van der Waals surface area contributed by atoms with Gasteiger partial charge >= 0.3 is 0 Å². The third-order valence-electron chi connectivity index (χ3n) is 6.78. The van der Waals surface area contributed by atoms with Crippen molar-refractivity contribution < 1.29 is 18.9 Å². The Morgan fingerprint density at radius 1 is 0.674 bits per heavy atom. The van der Waals surface area contributed by atoms with Gasteiger partial charge in [0.05, 0.1) is 33.1 Å². The fourth-order valence-corrected chi connectivity index (χ4v) is 4.94. The third-order valence-corrected chi connectivity index (χ3v) is 6.78. The van der Waals surface area contributed by atoms with E-state index >= 15 is 0 Å². The number of hydrogen-bond donors (Lipinski definition) is 0. The molecule has 0 saturated carbocycles. The first kappa shape index (κ1) is 31.1. The molecule has 0 spiro atoms. The molecule has 6 heteroatoms. The molecule has 0 aliphatic rings. The van der Waals surface area contributed by atoms with Crippen molar-refractivity contribution >= 4 is 22.2 Å². The van der Waals surface area contributed by atoms with E-state index in [-0.39, 0.29) is 0 Å². The van der Waals surface area contributed by atoms with Crippen LogP contribution in [0.3, 0.4) is 0 Å². The molecule has 5 aromatic rings. The van der Waals surface area contributed by atoms with Gasteiger partial charge in [-0.3, -0.25) is 4.98 Å². The second kappa shape index (κ2) is 15.4. The number of rotatable bonds is 11. The highest BCUT2D eigenvalue weighted by molar-refractivity contribution is 6.15. The normalized spacial score (nSPS) is 10.4. The Kier molecular flexibility index (Phi) is 11.1. The smallest absolute Gasteiger partial charge is 0.203 e. The second-order valence-electron chi connectivity index (χ2n) is 9.37. The number of aliphatic imine (C=N–C) groups is 1. The molecule has 0 aliphatic heterocycles. The van der Waals surface area contributed by atoms with Crippen molar-refractivity contribution in [1.82, 2.24) is 4.98 Å². The lowest BCUT2D eigenvalue weighted by atomic mass is 9.98. The van der Waals surface area contributed by atoms with Crippen molar-refractivity contribution in [2.24, 2.45) is 4.99 Å². The monoisotopic (exact) mass is 576 g/mol. The maximum Gasteiger partial charge on any atom is 0.203 e. The molecular weight excluding hydrogens is 536 g/mol. The molecule has 222 valence electrons. The summed E-state index contributed by atoms with van der Waals surface area (Å²) in [7, 11) is 3.27. The van der Waals surface area contributed by atoms with E-state index in [9.17, 15) is 0 Å². The van der Waals surface area contributed by atoms with Gasteiger partial charge in [0.25, 0.3) is 0 Å². The van der Waals surface area contributed by atoms with E-state index in [0.717, 1.165) is 44.4 Å². The number of nitrogens with zero attached hydrogens (tertiary/aromatic N) is 2. The van der Waals surface area contributed by atoms with Gasteiger partial charge in [-0.25, -0.2) is 4.99 Å². The molecule has 4 aromatic carbocycles. The molecule has 0 bridgehead atoms. The van der Waals surface area contributed by atoms with E-state index in [4.69, 9.17) is 23.9 Å². The Labute approximate surface area is 255 Å². The lowest BCUT2D eigenvalue weighted by molar-refractivity contribution is 0.288. The number of aromatic nitrogens is 1. The summed E-state index contributed by atoms with van der Waals surface area (Å²) in [5.74, 6) is 2.58. The van der Waals surface area contributed by atoms with E-state index in [0.29, 0.717) is 42.6 Å². The van der Waals surface area contributed by atoms with Crippen LogP contribution < -0.4 is 18.9 Å². The summed E-state index contributed by atoms with van der Waals surface area (Å²) in [4.78, 5) is 9.92.